The molecule has 5 heteroatoms. The Morgan fingerprint density at radius 3 is 2.16 bits per heavy atom. The largest absolute Gasteiger partial charge is 0.456 e. The molecule has 0 bridgehead atoms. The van der Waals surface area contributed by atoms with Crippen LogP contribution in [0.1, 0.15) is 33.4 Å². The summed E-state index contributed by atoms with van der Waals surface area (Å²) in [5, 5.41) is 2.54. The van der Waals surface area contributed by atoms with E-state index in [4.69, 9.17) is 4.74 Å². The van der Waals surface area contributed by atoms with Crippen LogP contribution in [0.15, 0.2) is 134 Å². The van der Waals surface area contributed by atoms with Crippen molar-refractivity contribution < 1.29 is 14.0 Å². The molecule has 1 unspecified atom stereocenters. The molecule has 1 atom stereocenters. The Hall–Kier alpha value is -5.94. The molecule has 4 aliphatic heterocycles. The van der Waals surface area contributed by atoms with E-state index in [9.17, 15) is 0 Å². The van der Waals surface area contributed by atoms with Crippen LogP contribution in [-0.4, -0.2) is 9.25 Å². The fraction of sp³-hybridized carbons (Fsp3) is 0.0500. The molecule has 0 amide bonds. The lowest BCUT2D eigenvalue weighted by atomic mass is 9.66. The molecule has 0 saturated heterocycles. The van der Waals surface area contributed by atoms with Crippen molar-refractivity contribution in [3.63, 3.8) is 0 Å². The van der Waals surface area contributed by atoms with Crippen molar-refractivity contribution in [3.8, 4) is 34.1 Å². The summed E-state index contributed by atoms with van der Waals surface area (Å²) in [6, 6.07) is 42.8. The van der Waals surface area contributed by atoms with E-state index >= 15 is 0 Å². The molecule has 8 aromatic rings. The van der Waals surface area contributed by atoms with Crippen LogP contribution in [0, 0.1) is 0 Å². The lowest BCUT2D eigenvalue weighted by Gasteiger charge is -2.39. The summed E-state index contributed by atoms with van der Waals surface area (Å²) >= 11 is 0. The lowest BCUT2D eigenvalue weighted by Crippen LogP contribution is -2.77. The Morgan fingerprint density at radius 1 is 0.556 bits per heavy atom. The predicted octanol–water partition coefficient (Wildman–Crippen LogP) is 6.86. The molecule has 5 aromatic carbocycles. The topological polar surface area (TPSA) is 26.8 Å². The van der Waals surface area contributed by atoms with Crippen molar-refractivity contribution in [2.45, 2.75) is 11.1 Å². The monoisotopic (exact) mass is 574 g/mol. The molecular weight excluding hydrogens is 552 g/mol. The summed E-state index contributed by atoms with van der Waals surface area (Å²) in [5.74, 6) is 3.04. The number of hydrogen-bond donors (Lipinski definition) is 0. The highest BCUT2D eigenvalue weighted by molar-refractivity contribution is 6.14. The average Bonchev–Trinajstić information content (AvgIpc) is 3.84. The number of fused-ring (bicyclic) bond motifs is 10. The Labute approximate surface area is 257 Å². The first-order chi connectivity index (χ1) is 22.3. The van der Waals surface area contributed by atoms with Gasteiger partial charge in [0.1, 0.15) is 28.3 Å². The van der Waals surface area contributed by atoms with Gasteiger partial charge in [0.05, 0.1) is 23.4 Å². The molecular formula is C40H22N4O+2. The maximum Gasteiger partial charge on any atom is 0.397 e. The highest BCUT2D eigenvalue weighted by atomic mass is 16.5. The molecule has 206 valence electrons. The molecule has 5 aliphatic rings. The molecule has 1 aliphatic carbocycles. The van der Waals surface area contributed by atoms with Gasteiger partial charge in [-0.2, -0.15) is 9.13 Å². The van der Waals surface area contributed by atoms with Gasteiger partial charge in [0, 0.05) is 22.4 Å². The van der Waals surface area contributed by atoms with Crippen molar-refractivity contribution in [1.29, 1.82) is 0 Å². The zero-order valence-electron chi connectivity index (χ0n) is 23.9. The number of hydrogen-bond acceptors (Lipinski definition) is 1. The van der Waals surface area contributed by atoms with E-state index < -0.39 is 11.1 Å². The van der Waals surface area contributed by atoms with Gasteiger partial charge < -0.3 is 4.74 Å². The van der Waals surface area contributed by atoms with E-state index in [0.717, 1.165) is 17.2 Å². The minimum atomic E-state index is -0.658. The van der Waals surface area contributed by atoms with Crippen LogP contribution in [0.5, 0.6) is 11.5 Å². The third-order valence-electron chi connectivity index (χ3n) is 11.4. The van der Waals surface area contributed by atoms with Gasteiger partial charge in [-0.25, -0.2) is 0 Å². The molecule has 0 saturated carbocycles. The van der Waals surface area contributed by atoms with Gasteiger partial charge in [0.2, 0.25) is 6.20 Å². The van der Waals surface area contributed by atoms with Gasteiger partial charge >= 0.3 is 5.66 Å². The van der Waals surface area contributed by atoms with Crippen molar-refractivity contribution in [2.75, 3.05) is 0 Å². The highest BCUT2D eigenvalue weighted by Gasteiger charge is 2.70. The number of aromatic nitrogens is 4. The highest BCUT2D eigenvalue weighted by Crippen LogP contribution is 2.63. The zero-order chi connectivity index (χ0) is 28.8. The predicted molar refractivity (Wildman–Crippen MR) is 169 cm³/mol. The van der Waals surface area contributed by atoms with Crippen molar-refractivity contribution >= 4 is 21.8 Å². The Bertz CT molecular complexity index is 2720. The smallest absolute Gasteiger partial charge is 0.397 e. The molecule has 0 N–H and O–H groups in total. The maximum absolute atomic E-state index is 6.82. The van der Waals surface area contributed by atoms with E-state index in [-0.39, 0.29) is 0 Å². The van der Waals surface area contributed by atoms with Gasteiger partial charge in [-0.1, -0.05) is 71.4 Å². The van der Waals surface area contributed by atoms with Crippen LogP contribution in [0.3, 0.4) is 0 Å². The number of ether oxygens (including phenoxy) is 1. The van der Waals surface area contributed by atoms with Crippen LogP contribution < -0.4 is 14.0 Å². The quantitative estimate of drug-likeness (QED) is 0.182. The van der Waals surface area contributed by atoms with Crippen LogP contribution >= 0.6 is 0 Å². The van der Waals surface area contributed by atoms with Gasteiger partial charge in [0.25, 0.3) is 5.82 Å². The van der Waals surface area contributed by atoms with E-state index in [1.807, 2.05) is 0 Å². The number of nitrogens with zero attached hydrogens (tertiary/aromatic N) is 4. The number of benzene rings is 5. The first-order valence-corrected chi connectivity index (χ1v) is 15.6. The summed E-state index contributed by atoms with van der Waals surface area (Å²) < 4.78 is 16.7. The fourth-order valence-corrected chi connectivity index (χ4v) is 10.1. The summed E-state index contributed by atoms with van der Waals surface area (Å²) in [4.78, 5) is 0. The molecule has 13 rings (SSSR count). The Kier molecular flexibility index (Phi) is 3.18. The normalized spacial score (nSPS) is 18.7. The zero-order valence-corrected chi connectivity index (χ0v) is 23.9. The van der Waals surface area contributed by atoms with E-state index in [0.29, 0.717) is 0 Å². The second kappa shape index (κ2) is 6.59. The van der Waals surface area contributed by atoms with E-state index in [1.165, 1.54) is 72.1 Å². The van der Waals surface area contributed by atoms with Crippen molar-refractivity contribution in [1.82, 2.24) is 9.25 Å². The van der Waals surface area contributed by atoms with Crippen molar-refractivity contribution in [3.05, 3.63) is 167 Å². The van der Waals surface area contributed by atoms with E-state index in [1.54, 1.807) is 0 Å². The Morgan fingerprint density at radius 2 is 1.29 bits per heavy atom. The first kappa shape index (κ1) is 21.7. The molecule has 45 heavy (non-hydrogen) atoms. The summed E-state index contributed by atoms with van der Waals surface area (Å²) in [6.45, 7) is 0. The number of rotatable bonds is 0. The summed E-state index contributed by atoms with van der Waals surface area (Å²) in [7, 11) is 0. The average molecular weight is 575 g/mol. The molecule has 3 aromatic heterocycles. The van der Waals surface area contributed by atoms with Gasteiger partial charge in [-0.3, -0.25) is 0 Å². The molecule has 0 radical (unpaired) electrons. The van der Waals surface area contributed by atoms with Gasteiger partial charge in [-0.15, -0.1) is 4.68 Å². The summed E-state index contributed by atoms with van der Waals surface area (Å²) in [5.41, 5.74) is 12.9. The second-order valence-electron chi connectivity index (χ2n) is 12.9. The van der Waals surface area contributed by atoms with E-state index in [2.05, 4.69) is 152 Å². The standard InChI is InChI=1S/C40H22N4O/c1-3-12-27-23(9-1)24-10-2-4-13-28(24)39(27)29-14-5-11-25-26-18-19-33-35-37(26)44(36(25)29)38-30(39)15-7-20-41(38)40(35)34-31(16-6-17-32(34)45-33)42-21-8-22-43(40)42/h1-22H/q+2. The molecule has 5 nitrogen and oxygen atoms in total. The fourth-order valence-electron chi connectivity index (χ4n) is 10.1. The minimum Gasteiger partial charge on any atom is -0.456 e. The van der Waals surface area contributed by atoms with Gasteiger partial charge in [0.15, 0.2) is 11.1 Å². The summed E-state index contributed by atoms with van der Waals surface area (Å²) in [6.07, 6.45) is 6.70. The van der Waals surface area contributed by atoms with Crippen LogP contribution in [-0.2, 0) is 11.1 Å². The third kappa shape index (κ3) is 1.91. The number of para-hydroxylation sites is 1. The maximum atomic E-state index is 6.82. The number of pyridine rings is 1. The Balaban J connectivity index is 1.36. The molecule has 0 fully saturated rings. The third-order valence-corrected chi connectivity index (χ3v) is 11.4. The minimum absolute atomic E-state index is 0.467. The molecule has 7 heterocycles. The SMILES string of the molecule is c1ccc2c(c1)-c1ccccc1C21c2ccc[n+]3c2-n2c4c1cccc4c1ccc4c(c12)C31c2c(cccc2-n2ccc[n+]21)O4. The van der Waals surface area contributed by atoms with Crippen LogP contribution in [0.2, 0.25) is 0 Å². The van der Waals surface area contributed by atoms with Crippen molar-refractivity contribution in [2.24, 2.45) is 0 Å². The second-order valence-corrected chi connectivity index (χ2v) is 12.9. The van der Waals surface area contributed by atoms with Crippen LogP contribution in [0.4, 0.5) is 0 Å². The van der Waals surface area contributed by atoms with Gasteiger partial charge in [-0.05, 0) is 64.7 Å². The molecule has 2 spiro atoms. The lowest BCUT2D eigenvalue weighted by molar-refractivity contribution is -0.993. The van der Waals surface area contributed by atoms with Crippen LogP contribution in [0.25, 0.3) is 44.4 Å². The first-order valence-electron chi connectivity index (χ1n) is 15.6.